The third-order valence-corrected chi connectivity index (χ3v) is 6.30. The van der Waals surface area contributed by atoms with E-state index in [2.05, 4.69) is 32.2 Å². The Morgan fingerprint density at radius 1 is 1.21 bits per heavy atom. The van der Waals surface area contributed by atoms with Gasteiger partial charge in [-0.2, -0.15) is 5.26 Å². The van der Waals surface area contributed by atoms with E-state index in [1.807, 2.05) is 36.4 Å². The predicted octanol–water partition coefficient (Wildman–Crippen LogP) is 3.89. The molecule has 0 radical (unpaired) electrons. The van der Waals surface area contributed by atoms with Crippen LogP contribution < -0.4 is 15.2 Å². The Labute approximate surface area is 203 Å². The van der Waals surface area contributed by atoms with Crippen LogP contribution in [-0.4, -0.2) is 47.5 Å². The zero-order chi connectivity index (χ0) is 23.7. The molecule has 34 heavy (non-hydrogen) atoms. The Hall–Kier alpha value is -3.81. The third-order valence-electron chi connectivity index (χ3n) is 5.77. The van der Waals surface area contributed by atoms with Gasteiger partial charge in [0.1, 0.15) is 17.4 Å². The lowest BCUT2D eigenvalue weighted by Crippen LogP contribution is -2.42. The second-order valence-electron chi connectivity index (χ2n) is 7.75. The average Bonchev–Trinajstić information content (AvgIpc) is 3.28. The van der Waals surface area contributed by atoms with Crippen molar-refractivity contribution in [2.45, 2.75) is 5.92 Å². The Kier molecular flexibility index (Phi) is 5.96. The van der Waals surface area contributed by atoms with E-state index in [1.54, 1.807) is 17.0 Å². The second-order valence-corrected chi connectivity index (χ2v) is 8.67. The van der Waals surface area contributed by atoms with Gasteiger partial charge in [-0.25, -0.2) is 4.79 Å². The average molecular weight is 522 g/mol. The molecule has 3 N–H and O–H groups in total. The van der Waals surface area contributed by atoms with Gasteiger partial charge in [-0.3, -0.25) is 5.10 Å². The molecule has 2 aliphatic rings. The topological polar surface area (TPSA) is 126 Å². The molecule has 1 fully saturated rings. The van der Waals surface area contributed by atoms with Gasteiger partial charge in [0.15, 0.2) is 0 Å². The van der Waals surface area contributed by atoms with Crippen LogP contribution in [0.5, 0.6) is 11.6 Å². The summed E-state index contributed by atoms with van der Waals surface area (Å²) < 4.78 is 17.7. The molecule has 2 aliphatic heterocycles. The number of nitrogens with two attached hydrogens (primary N) is 1. The van der Waals surface area contributed by atoms with E-state index in [-0.39, 0.29) is 17.3 Å². The first-order valence-electron chi connectivity index (χ1n) is 10.6. The zero-order valence-electron chi connectivity index (χ0n) is 18.0. The number of H-pyrrole nitrogens is 1. The number of hydrogen-bond acceptors (Lipinski definition) is 7. The van der Waals surface area contributed by atoms with Crippen molar-refractivity contribution in [3.8, 4) is 29.0 Å². The maximum absolute atomic E-state index is 12.8. The first kappa shape index (κ1) is 22.0. The number of ether oxygens (including phenoxy) is 3. The van der Waals surface area contributed by atoms with Crippen LogP contribution in [0.4, 0.5) is 4.79 Å². The number of para-hydroxylation sites is 1. The first-order chi connectivity index (χ1) is 16.6. The van der Waals surface area contributed by atoms with E-state index >= 15 is 0 Å². The summed E-state index contributed by atoms with van der Waals surface area (Å²) in [4.78, 5) is 14.4. The van der Waals surface area contributed by atoms with Crippen molar-refractivity contribution in [2.75, 3.05) is 26.3 Å². The Morgan fingerprint density at radius 2 is 1.94 bits per heavy atom. The number of nitriles is 1. The Bertz CT molecular complexity index is 1310. The SMILES string of the molecule is N#CC1=C(N)Oc2n[nH]c(-c3ccc(Br)cc3)c2[C@H]1c1ccccc1OC(=O)N1CCOCC1. The minimum atomic E-state index is -0.653. The van der Waals surface area contributed by atoms with Crippen LogP contribution in [0.1, 0.15) is 17.0 Å². The van der Waals surface area contributed by atoms with Crippen LogP contribution in [0, 0.1) is 11.3 Å². The molecule has 5 rings (SSSR count). The van der Waals surface area contributed by atoms with E-state index in [0.717, 1.165) is 10.0 Å². The highest BCUT2D eigenvalue weighted by atomic mass is 79.9. The van der Waals surface area contributed by atoms with Gasteiger partial charge in [0.2, 0.25) is 11.8 Å². The number of amides is 1. The van der Waals surface area contributed by atoms with Gasteiger partial charge < -0.3 is 24.8 Å². The summed E-state index contributed by atoms with van der Waals surface area (Å²) in [5.41, 5.74) is 9.10. The number of rotatable bonds is 3. The summed E-state index contributed by atoms with van der Waals surface area (Å²) in [6.45, 7) is 1.83. The summed E-state index contributed by atoms with van der Waals surface area (Å²) in [6.07, 6.45) is -0.473. The quantitative estimate of drug-likeness (QED) is 0.535. The molecule has 0 unspecified atom stereocenters. The molecule has 0 spiro atoms. The van der Waals surface area contributed by atoms with E-state index in [4.69, 9.17) is 19.9 Å². The third kappa shape index (κ3) is 4.00. The molecule has 9 nitrogen and oxygen atoms in total. The highest BCUT2D eigenvalue weighted by Gasteiger charge is 2.37. The number of allylic oxidation sites excluding steroid dienone is 1. The summed E-state index contributed by atoms with van der Waals surface area (Å²) in [6, 6.07) is 17.0. The highest BCUT2D eigenvalue weighted by molar-refractivity contribution is 9.10. The van der Waals surface area contributed by atoms with Crippen molar-refractivity contribution < 1.29 is 19.0 Å². The van der Waals surface area contributed by atoms with E-state index in [0.29, 0.717) is 48.9 Å². The second kappa shape index (κ2) is 9.21. The fourth-order valence-corrected chi connectivity index (χ4v) is 4.37. The predicted molar refractivity (Wildman–Crippen MR) is 126 cm³/mol. The molecule has 3 heterocycles. The van der Waals surface area contributed by atoms with Crippen molar-refractivity contribution in [3.05, 3.63) is 75.6 Å². The molecule has 0 saturated carbocycles. The number of hydrogen-bond donors (Lipinski definition) is 2. The van der Waals surface area contributed by atoms with Gasteiger partial charge in [-0.15, -0.1) is 5.10 Å². The van der Waals surface area contributed by atoms with Crippen molar-refractivity contribution in [2.24, 2.45) is 5.73 Å². The molecule has 10 heteroatoms. The lowest BCUT2D eigenvalue weighted by molar-refractivity contribution is 0.0415. The van der Waals surface area contributed by atoms with Crippen LogP contribution >= 0.6 is 15.9 Å². The number of aromatic nitrogens is 2. The normalized spacial score (nSPS) is 17.5. The van der Waals surface area contributed by atoms with E-state index < -0.39 is 12.0 Å². The van der Waals surface area contributed by atoms with Crippen molar-refractivity contribution >= 4 is 22.0 Å². The van der Waals surface area contributed by atoms with Crippen LogP contribution in [0.2, 0.25) is 0 Å². The summed E-state index contributed by atoms with van der Waals surface area (Å²) in [5.74, 6) is -0.0860. The molecule has 0 bridgehead atoms. The molecular formula is C24H20BrN5O4. The smallest absolute Gasteiger partial charge is 0.415 e. The maximum atomic E-state index is 12.8. The fraction of sp³-hybridized carbons (Fsp3) is 0.208. The molecule has 0 aliphatic carbocycles. The molecular weight excluding hydrogens is 502 g/mol. The van der Waals surface area contributed by atoms with Crippen molar-refractivity contribution in [1.82, 2.24) is 15.1 Å². The standard InChI is InChI=1S/C24H20BrN5O4/c25-15-7-5-14(6-8-15)21-20-19(17(13-26)22(27)34-23(20)29-28-21)16-3-1-2-4-18(16)33-24(31)30-9-11-32-12-10-30/h1-8,19H,9-12,27H2,(H,28,29)/t19-/m0/s1. The molecule has 1 saturated heterocycles. The molecule has 3 aromatic rings. The zero-order valence-corrected chi connectivity index (χ0v) is 19.5. The highest BCUT2D eigenvalue weighted by Crippen LogP contribution is 2.47. The Balaban J connectivity index is 1.60. The van der Waals surface area contributed by atoms with Gasteiger partial charge in [0.25, 0.3) is 0 Å². The summed E-state index contributed by atoms with van der Waals surface area (Å²) in [5, 5.41) is 17.3. The van der Waals surface area contributed by atoms with Crippen LogP contribution in [0.15, 0.2) is 64.5 Å². The lowest BCUT2D eigenvalue weighted by Gasteiger charge is -2.28. The number of benzene rings is 2. The van der Waals surface area contributed by atoms with Gasteiger partial charge in [-0.05, 0) is 18.2 Å². The van der Waals surface area contributed by atoms with Crippen LogP contribution in [-0.2, 0) is 4.74 Å². The van der Waals surface area contributed by atoms with Gasteiger partial charge in [0, 0.05) is 28.7 Å². The van der Waals surface area contributed by atoms with E-state index in [1.165, 1.54) is 0 Å². The van der Waals surface area contributed by atoms with Crippen molar-refractivity contribution in [1.29, 1.82) is 5.26 Å². The van der Waals surface area contributed by atoms with Gasteiger partial charge in [-0.1, -0.05) is 46.3 Å². The number of fused-ring (bicyclic) bond motifs is 1. The number of morpholine rings is 1. The molecule has 2 aromatic carbocycles. The summed E-state index contributed by atoms with van der Waals surface area (Å²) in [7, 11) is 0. The Morgan fingerprint density at radius 3 is 2.68 bits per heavy atom. The maximum Gasteiger partial charge on any atom is 0.415 e. The fourth-order valence-electron chi connectivity index (χ4n) is 4.11. The number of carbonyl (C=O) groups excluding carboxylic acids is 1. The summed E-state index contributed by atoms with van der Waals surface area (Å²) >= 11 is 3.45. The van der Waals surface area contributed by atoms with E-state index in [9.17, 15) is 10.1 Å². The van der Waals surface area contributed by atoms with Crippen LogP contribution in [0.25, 0.3) is 11.3 Å². The number of carbonyl (C=O) groups is 1. The largest absolute Gasteiger partial charge is 0.420 e. The molecule has 1 aromatic heterocycles. The van der Waals surface area contributed by atoms with Gasteiger partial charge >= 0.3 is 6.09 Å². The molecule has 172 valence electrons. The minimum absolute atomic E-state index is 0.0387. The van der Waals surface area contributed by atoms with Gasteiger partial charge in [0.05, 0.1) is 30.4 Å². The first-order valence-corrected chi connectivity index (χ1v) is 11.4. The lowest BCUT2D eigenvalue weighted by atomic mass is 9.82. The molecule has 1 atom stereocenters. The van der Waals surface area contributed by atoms with Crippen molar-refractivity contribution in [3.63, 3.8) is 0 Å². The number of halogens is 1. The van der Waals surface area contributed by atoms with Crippen LogP contribution in [0.3, 0.4) is 0 Å². The number of nitrogens with zero attached hydrogens (tertiary/aromatic N) is 3. The molecule has 1 amide bonds. The minimum Gasteiger partial charge on any atom is -0.420 e. The number of aromatic amines is 1. The number of nitrogens with one attached hydrogen (secondary N) is 1. The monoisotopic (exact) mass is 521 g/mol.